The first-order valence-electron chi connectivity index (χ1n) is 10.2. The number of nitrogens with zero attached hydrogens (tertiary/aromatic N) is 1. The summed E-state index contributed by atoms with van der Waals surface area (Å²) in [6, 6.07) is 0.640. The van der Waals surface area contributed by atoms with Crippen molar-refractivity contribution in [3.05, 3.63) is 0 Å². The van der Waals surface area contributed by atoms with Crippen molar-refractivity contribution in [3.8, 4) is 0 Å². The Morgan fingerprint density at radius 2 is 1.92 bits per heavy atom. The van der Waals surface area contributed by atoms with E-state index in [4.69, 9.17) is 9.47 Å². The predicted molar refractivity (Wildman–Crippen MR) is 98.6 cm³/mol. The summed E-state index contributed by atoms with van der Waals surface area (Å²) in [7, 11) is 0. The molecule has 5 nitrogen and oxygen atoms in total. The van der Waals surface area contributed by atoms with Crippen LogP contribution in [0.2, 0.25) is 0 Å². The second-order valence-electron chi connectivity index (χ2n) is 9.14. The van der Waals surface area contributed by atoms with Gasteiger partial charge in [0, 0.05) is 31.2 Å². The first kappa shape index (κ1) is 19.0. The van der Waals surface area contributed by atoms with Gasteiger partial charge in [-0.2, -0.15) is 0 Å². The molecular formula is C20H36N2O3. The van der Waals surface area contributed by atoms with Gasteiger partial charge in [0.05, 0.1) is 6.10 Å². The van der Waals surface area contributed by atoms with Crippen molar-refractivity contribution in [2.75, 3.05) is 26.2 Å². The zero-order valence-electron chi connectivity index (χ0n) is 16.5. The topological polar surface area (TPSA) is 50.8 Å². The Morgan fingerprint density at radius 3 is 2.44 bits per heavy atom. The van der Waals surface area contributed by atoms with Crippen LogP contribution in [0.1, 0.15) is 66.2 Å². The van der Waals surface area contributed by atoms with E-state index in [1.54, 1.807) is 0 Å². The molecule has 5 heteroatoms. The zero-order valence-corrected chi connectivity index (χ0v) is 16.5. The van der Waals surface area contributed by atoms with E-state index in [2.05, 4.69) is 12.2 Å². The fraction of sp³-hybridized carbons (Fsp3) is 0.950. The summed E-state index contributed by atoms with van der Waals surface area (Å²) in [4.78, 5) is 14.0. The Bertz CT molecular complexity index is 462. The summed E-state index contributed by atoms with van der Waals surface area (Å²) in [5.41, 5.74) is 0.0289. The fourth-order valence-electron chi connectivity index (χ4n) is 4.68. The Labute approximate surface area is 152 Å². The maximum Gasteiger partial charge on any atom is 0.410 e. The largest absolute Gasteiger partial charge is 0.444 e. The molecule has 3 fully saturated rings. The van der Waals surface area contributed by atoms with Crippen molar-refractivity contribution in [1.82, 2.24) is 10.2 Å². The number of likely N-dealkylation sites (tertiary alicyclic amines) is 1. The molecule has 2 saturated carbocycles. The van der Waals surface area contributed by atoms with Crippen LogP contribution in [-0.2, 0) is 9.47 Å². The van der Waals surface area contributed by atoms with Crippen molar-refractivity contribution in [2.45, 2.75) is 84.0 Å². The Kier molecular flexibility index (Phi) is 5.64. The summed E-state index contributed by atoms with van der Waals surface area (Å²) in [6.07, 6.45) is 7.64. The molecule has 1 aliphatic heterocycles. The normalized spacial score (nSPS) is 29.2. The van der Waals surface area contributed by atoms with Crippen LogP contribution in [0.5, 0.6) is 0 Å². The highest BCUT2D eigenvalue weighted by molar-refractivity contribution is 5.68. The summed E-state index contributed by atoms with van der Waals surface area (Å²) in [5.74, 6) is 0.668. The second-order valence-corrected chi connectivity index (χ2v) is 9.14. The lowest BCUT2D eigenvalue weighted by molar-refractivity contribution is -0.173. The molecule has 1 N–H and O–H groups in total. The average Bonchev–Trinajstić information content (AvgIpc) is 2.47. The number of amides is 1. The molecule has 2 atom stereocenters. The number of carbonyl (C=O) groups is 1. The number of hydrogen-bond acceptors (Lipinski definition) is 4. The predicted octanol–water partition coefficient (Wildman–Crippen LogP) is 3.57. The van der Waals surface area contributed by atoms with Gasteiger partial charge in [-0.3, -0.25) is 0 Å². The van der Waals surface area contributed by atoms with Crippen molar-refractivity contribution in [3.63, 3.8) is 0 Å². The molecule has 2 unspecified atom stereocenters. The standard InChI is InChI=1S/C20H36N2O3/c1-5-24-17-13-16(20(17)9-6-10-20)21-14-15-7-11-22(12-8-15)18(23)25-19(2,3)4/h15-17,21H,5-14H2,1-4H3. The van der Waals surface area contributed by atoms with E-state index in [-0.39, 0.29) is 6.09 Å². The maximum atomic E-state index is 12.1. The summed E-state index contributed by atoms with van der Waals surface area (Å²) >= 11 is 0. The van der Waals surface area contributed by atoms with Gasteiger partial charge in [0.15, 0.2) is 0 Å². The van der Waals surface area contributed by atoms with Gasteiger partial charge in [-0.25, -0.2) is 4.79 Å². The van der Waals surface area contributed by atoms with Crippen LogP contribution in [0, 0.1) is 11.3 Å². The molecule has 3 rings (SSSR count). The van der Waals surface area contributed by atoms with Gasteiger partial charge < -0.3 is 19.7 Å². The van der Waals surface area contributed by atoms with E-state index in [9.17, 15) is 4.79 Å². The van der Waals surface area contributed by atoms with Gasteiger partial charge in [-0.05, 0) is 72.3 Å². The Balaban J connectivity index is 1.38. The van der Waals surface area contributed by atoms with Crippen molar-refractivity contribution < 1.29 is 14.3 Å². The molecule has 25 heavy (non-hydrogen) atoms. The van der Waals surface area contributed by atoms with Gasteiger partial charge >= 0.3 is 6.09 Å². The quantitative estimate of drug-likeness (QED) is 0.822. The summed E-state index contributed by atoms with van der Waals surface area (Å²) in [5, 5.41) is 3.84. The molecule has 2 aliphatic carbocycles. The minimum absolute atomic E-state index is 0.161. The van der Waals surface area contributed by atoms with Gasteiger partial charge in [0.25, 0.3) is 0 Å². The van der Waals surface area contributed by atoms with Crippen LogP contribution < -0.4 is 5.32 Å². The highest BCUT2D eigenvalue weighted by atomic mass is 16.6. The van der Waals surface area contributed by atoms with Gasteiger partial charge in [0.2, 0.25) is 0 Å². The number of hydrogen-bond donors (Lipinski definition) is 1. The molecule has 0 aromatic heterocycles. The molecule has 3 aliphatic rings. The van der Waals surface area contributed by atoms with E-state index in [0.29, 0.717) is 23.5 Å². The number of piperidine rings is 1. The van der Waals surface area contributed by atoms with Crippen LogP contribution in [0.25, 0.3) is 0 Å². The number of nitrogens with one attached hydrogen (secondary N) is 1. The van der Waals surface area contributed by atoms with Crippen molar-refractivity contribution >= 4 is 6.09 Å². The van der Waals surface area contributed by atoms with E-state index < -0.39 is 5.60 Å². The van der Waals surface area contributed by atoms with E-state index in [0.717, 1.165) is 39.1 Å². The fourth-order valence-corrected chi connectivity index (χ4v) is 4.68. The monoisotopic (exact) mass is 352 g/mol. The van der Waals surface area contributed by atoms with Crippen LogP contribution in [-0.4, -0.2) is 55.0 Å². The summed E-state index contributed by atoms with van der Waals surface area (Å²) in [6.45, 7) is 11.4. The molecule has 1 spiro atoms. The smallest absolute Gasteiger partial charge is 0.410 e. The van der Waals surface area contributed by atoms with Crippen LogP contribution in [0.15, 0.2) is 0 Å². The molecule has 144 valence electrons. The molecule has 1 saturated heterocycles. The van der Waals surface area contributed by atoms with Crippen molar-refractivity contribution in [2.24, 2.45) is 11.3 Å². The minimum Gasteiger partial charge on any atom is -0.444 e. The molecule has 1 amide bonds. The molecule has 0 bridgehead atoms. The highest BCUT2D eigenvalue weighted by Crippen LogP contribution is 2.57. The number of ether oxygens (including phenoxy) is 2. The zero-order chi connectivity index (χ0) is 18.1. The first-order valence-corrected chi connectivity index (χ1v) is 10.2. The molecule has 0 radical (unpaired) electrons. The lowest BCUT2D eigenvalue weighted by Gasteiger charge is -2.61. The number of carbonyl (C=O) groups excluding carboxylic acids is 1. The van der Waals surface area contributed by atoms with E-state index >= 15 is 0 Å². The summed E-state index contributed by atoms with van der Waals surface area (Å²) < 4.78 is 11.4. The lowest BCUT2D eigenvalue weighted by atomic mass is 9.51. The molecule has 1 heterocycles. The Hall–Kier alpha value is -0.810. The third-order valence-electron chi connectivity index (χ3n) is 6.36. The lowest BCUT2D eigenvalue weighted by Crippen LogP contribution is -2.67. The third-order valence-corrected chi connectivity index (χ3v) is 6.36. The third kappa shape index (κ3) is 4.13. The molecule has 0 aromatic rings. The van der Waals surface area contributed by atoms with Crippen LogP contribution in [0.4, 0.5) is 4.79 Å². The van der Waals surface area contributed by atoms with E-state index in [1.807, 2.05) is 25.7 Å². The van der Waals surface area contributed by atoms with E-state index in [1.165, 1.54) is 25.7 Å². The van der Waals surface area contributed by atoms with Crippen LogP contribution in [0.3, 0.4) is 0 Å². The van der Waals surface area contributed by atoms with Gasteiger partial charge in [-0.1, -0.05) is 6.42 Å². The highest BCUT2D eigenvalue weighted by Gasteiger charge is 2.58. The Morgan fingerprint density at radius 1 is 1.24 bits per heavy atom. The van der Waals surface area contributed by atoms with Crippen molar-refractivity contribution in [1.29, 1.82) is 0 Å². The SMILES string of the molecule is CCOC1CC(NCC2CCN(C(=O)OC(C)(C)C)CC2)C12CCC2. The maximum absolute atomic E-state index is 12.1. The molecule has 0 aromatic carbocycles. The van der Waals surface area contributed by atoms with Crippen LogP contribution >= 0.6 is 0 Å². The van der Waals surface area contributed by atoms with Gasteiger partial charge in [-0.15, -0.1) is 0 Å². The second kappa shape index (κ2) is 7.43. The minimum atomic E-state index is -0.409. The molecular weight excluding hydrogens is 316 g/mol. The van der Waals surface area contributed by atoms with Gasteiger partial charge in [0.1, 0.15) is 5.60 Å². The average molecular weight is 353 g/mol. The first-order chi connectivity index (χ1) is 11.8. The number of rotatable bonds is 5.